The Kier molecular flexibility index (Phi) is 4.16. The quantitative estimate of drug-likeness (QED) is 0.769. The molecule has 1 aromatic rings. The Hall–Kier alpha value is -0.890. The lowest BCUT2D eigenvalue weighted by Crippen LogP contribution is -2.26. The van der Waals surface area contributed by atoms with Crippen molar-refractivity contribution >= 4 is 0 Å². The molecular formula is C15H22FN. The second kappa shape index (κ2) is 5.63. The maximum Gasteiger partial charge on any atom is 0.123 e. The average molecular weight is 235 g/mol. The van der Waals surface area contributed by atoms with Crippen LogP contribution in [0.1, 0.15) is 49.1 Å². The Balaban J connectivity index is 2.19. The van der Waals surface area contributed by atoms with Crippen LogP contribution in [0.2, 0.25) is 0 Å². The molecule has 1 aromatic carbocycles. The molecule has 1 saturated carbocycles. The fourth-order valence-corrected chi connectivity index (χ4v) is 3.00. The van der Waals surface area contributed by atoms with Crippen LogP contribution in [0.25, 0.3) is 0 Å². The van der Waals surface area contributed by atoms with Gasteiger partial charge in [-0.15, -0.1) is 0 Å². The zero-order chi connectivity index (χ0) is 12.3. The summed E-state index contributed by atoms with van der Waals surface area (Å²) >= 11 is 0. The number of rotatable bonds is 2. The minimum atomic E-state index is -0.120. The molecule has 0 saturated heterocycles. The van der Waals surface area contributed by atoms with Crippen molar-refractivity contribution in [3.63, 3.8) is 0 Å². The molecule has 0 aliphatic heterocycles. The fourth-order valence-electron chi connectivity index (χ4n) is 3.00. The van der Waals surface area contributed by atoms with E-state index in [-0.39, 0.29) is 5.82 Å². The molecule has 2 unspecified atom stereocenters. The second-order valence-corrected chi connectivity index (χ2v) is 5.20. The van der Waals surface area contributed by atoms with Gasteiger partial charge in [0.05, 0.1) is 0 Å². The van der Waals surface area contributed by atoms with Crippen LogP contribution in [-0.4, -0.2) is 13.1 Å². The van der Waals surface area contributed by atoms with Crippen LogP contribution in [0.4, 0.5) is 4.39 Å². The van der Waals surface area contributed by atoms with E-state index in [4.69, 9.17) is 0 Å². The predicted molar refractivity (Wildman–Crippen MR) is 69.8 cm³/mol. The van der Waals surface area contributed by atoms with Gasteiger partial charge in [-0.1, -0.05) is 18.9 Å². The summed E-state index contributed by atoms with van der Waals surface area (Å²) in [6, 6.07) is 5.86. The van der Waals surface area contributed by atoms with Crippen molar-refractivity contribution < 1.29 is 4.39 Å². The number of aryl methyl sites for hydroxylation is 1. The van der Waals surface area contributed by atoms with Crippen LogP contribution in [0.15, 0.2) is 18.2 Å². The molecule has 0 spiro atoms. The molecule has 1 nitrogen and oxygen atoms in total. The maximum atomic E-state index is 13.1. The minimum absolute atomic E-state index is 0.120. The largest absolute Gasteiger partial charge is 0.317 e. The lowest BCUT2D eigenvalue weighted by molar-refractivity contribution is 0.470. The monoisotopic (exact) mass is 235 g/mol. The van der Waals surface area contributed by atoms with Crippen LogP contribution < -0.4 is 5.32 Å². The molecule has 2 atom stereocenters. The van der Waals surface area contributed by atoms with E-state index in [2.05, 4.69) is 5.32 Å². The molecule has 2 rings (SSSR count). The van der Waals surface area contributed by atoms with E-state index in [9.17, 15) is 4.39 Å². The summed E-state index contributed by atoms with van der Waals surface area (Å²) in [5, 5.41) is 3.40. The number of halogens is 1. The predicted octanol–water partition coefficient (Wildman–Crippen LogP) is 3.77. The van der Waals surface area contributed by atoms with Gasteiger partial charge in [0.25, 0.3) is 0 Å². The van der Waals surface area contributed by atoms with Crippen molar-refractivity contribution in [2.75, 3.05) is 7.05 Å². The second-order valence-electron chi connectivity index (χ2n) is 5.20. The van der Waals surface area contributed by atoms with Crippen LogP contribution in [-0.2, 0) is 0 Å². The molecule has 0 aromatic heterocycles. The Morgan fingerprint density at radius 1 is 1.24 bits per heavy atom. The SMILES string of the molecule is CNC1CCCCC(c2ccc(F)cc2C)C1. The smallest absolute Gasteiger partial charge is 0.123 e. The van der Waals surface area contributed by atoms with Crippen molar-refractivity contribution in [3.8, 4) is 0 Å². The lowest BCUT2D eigenvalue weighted by Gasteiger charge is -2.21. The normalized spacial score (nSPS) is 25.6. The van der Waals surface area contributed by atoms with Crippen LogP contribution in [0.5, 0.6) is 0 Å². The van der Waals surface area contributed by atoms with Gasteiger partial charge in [-0.3, -0.25) is 0 Å². The molecule has 1 fully saturated rings. The average Bonchev–Trinajstić information content (AvgIpc) is 2.54. The third-order valence-corrected chi connectivity index (χ3v) is 4.00. The van der Waals surface area contributed by atoms with Gasteiger partial charge in [-0.25, -0.2) is 4.39 Å². The Morgan fingerprint density at radius 2 is 2.00 bits per heavy atom. The summed E-state index contributed by atoms with van der Waals surface area (Å²) in [6.45, 7) is 2.03. The van der Waals surface area contributed by atoms with E-state index >= 15 is 0 Å². The summed E-state index contributed by atoms with van der Waals surface area (Å²) in [4.78, 5) is 0. The van der Waals surface area contributed by atoms with Gasteiger partial charge in [-0.2, -0.15) is 0 Å². The number of hydrogen-bond donors (Lipinski definition) is 1. The first-order chi connectivity index (χ1) is 8.20. The van der Waals surface area contributed by atoms with Crippen molar-refractivity contribution in [3.05, 3.63) is 35.1 Å². The molecule has 1 aliphatic rings. The van der Waals surface area contributed by atoms with Crippen LogP contribution in [0.3, 0.4) is 0 Å². The molecule has 17 heavy (non-hydrogen) atoms. The van der Waals surface area contributed by atoms with Crippen molar-refractivity contribution in [2.24, 2.45) is 0 Å². The Bertz CT molecular complexity index is 375. The number of hydrogen-bond acceptors (Lipinski definition) is 1. The van der Waals surface area contributed by atoms with E-state index in [1.165, 1.54) is 37.7 Å². The first kappa shape index (κ1) is 12.6. The van der Waals surface area contributed by atoms with E-state index in [1.54, 1.807) is 12.1 Å². The first-order valence-corrected chi connectivity index (χ1v) is 6.64. The molecule has 1 N–H and O–H groups in total. The van der Waals surface area contributed by atoms with Gasteiger partial charge in [0.1, 0.15) is 5.82 Å². The number of nitrogens with one attached hydrogen (secondary N) is 1. The number of benzene rings is 1. The minimum Gasteiger partial charge on any atom is -0.317 e. The van der Waals surface area contributed by atoms with E-state index in [0.717, 1.165) is 5.56 Å². The molecule has 0 amide bonds. The third kappa shape index (κ3) is 3.06. The van der Waals surface area contributed by atoms with Gasteiger partial charge < -0.3 is 5.32 Å². The first-order valence-electron chi connectivity index (χ1n) is 6.64. The fraction of sp³-hybridized carbons (Fsp3) is 0.600. The molecular weight excluding hydrogens is 213 g/mol. The van der Waals surface area contributed by atoms with E-state index in [0.29, 0.717) is 12.0 Å². The van der Waals surface area contributed by atoms with E-state index < -0.39 is 0 Å². The summed E-state index contributed by atoms with van der Waals surface area (Å²) in [5.41, 5.74) is 2.44. The molecule has 0 bridgehead atoms. The van der Waals surface area contributed by atoms with Gasteiger partial charge in [0.15, 0.2) is 0 Å². The molecule has 94 valence electrons. The molecule has 0 radical (unpaired) electrons. The zero-order valence-corrected chi connectivity index (χ0v) is 10.8. The molecule has 0 heterocycles. The highest BCUT2D eigenvalue weighted by Crippen LogP contribution is 2.33. The summed E-state index contributed by atoms with van der Waals surface area (Å²) < 4.78 is 13.1. The standard InChI is InChI=1S/C15H22FN/c1-11-9-13(16)7-8-15(11)12-5-3-4-6-14(10-12)17-2/h7-9,12,14,17H,3-6,10H2,1-2H3. The molecule has 2 heteroatoms. The van der Waals surface area contributed by atoms with Crippen molar-refractivity contribution in [1.29, 1.82) is 0 Å². The van der Waals surface area contributed by atoms with Crippen molar-refractivity contribution in [2.45, 2.75) is 51.0 Å². The third-order valence-electron chi connectivity index (χ3n) is 4.00. The van der Waals surface area contributed by atoms with Gasteiger partial charge in [-0.05, 0) is 62.4 Å². The Morgan fingerprint density at radius 3 is 2.71 bits per heavy atom. The summed E-state index contributed by atoms with van der Waals surface area (Å²) in [6.07, 6.45) is 6.29. The maximum absolute atomic E-state index is 13.1. The topological polar surface area (TPSA) is 12.0 Å². The molecule has 1 aliphatic carbocycles. The highest BCUT2D eigenvalue weighted by molar-refractivity contribution is 5.30. The summed E-state index contributed by atoms with van der Waals surface area (Å²) in [7, 11) is 2.05. The highest BCUT2D eigenvalue weighted by Gasteiger charge is 2.21. The van der Waals surface area contributed by atoms with Gasteiger partial charge in [0, 0.05) is 6.04 Å². The van der Waals surface area contributed by atoms with E-state index in [1.807, 2.05) is 20.0 Å². The summed E-state index contributed by atoms with van der Waals surface area (Å²) in [5.74, 6) is 0.473. The van der Waals surface area contributed by atoms with Gasteiger partial charge >= 0.3 is 0 Å². The highest BCUT2D eigenvalue weighted by atomic mass is 19.1. The zero-order valence-electron chi connectivity index (χ0n) is 10.8. The lowest BCUT2D eigenvalue weighted by atomic mass is 9.87. The van der Waals surface area contributed by atoms with Crippen LogP contribution >= 0.6 is 0 Å². The van der Waals surface area contributed by atoms with Crippen molar-refractivity contribution in [1.82, 2.24) is 5.32 Å². The van der Waals surface area contributed by atoms with Gasteiger partial charge in [0.2, 0.25) is 0 Å². The van der Waals surface area contributed by atoms with Crippen LogP contribution in [0, 0.1) is 12.7 Å². The Labute approximate surface area is 103 Å².